The minimum atomic E-state index is -0.695. The molecule has 3 N–H and O–H groups in total. The topological polar surface area (TPSA) is 103 Å². The number of hydrogen-bond donors (Lipinski definition) is 3. The molecule has 1 aliphatic carbocycles. The fraction of sp³-hybridized carbons (Fsp3) is 0.667. The Morgan fingerprint density at radius 1 is 1.21 bits per heavy atom. The molecular formula is C27H40N4O3. The second-order valence-corrected chi connectivity index (χ2v) is 9.55. The van der Waals surface area contributed by atoms with Gasteiger partial charge < -0.3 is 20.7 Å². The molecule has 7 heteroatoms. The molecule has 2 heterocycles. The summed E-state index contributed by atoms with van der Waals surface area (Å²) in [5.74, 6) is 0.520. The Balaban J connectivity index is 1.75. The smallest absolute Gasteiger partial charge is 0.251 e. The highest BCUT2D eigenvalue weighted by Gasteiger charge is 2.33. The van der Waals surface area contributed by atoms with E-state index in [4.69, 9.17) is 4.74 Å². The van der Waals surface area contributed by atoms with E-state index in [1.807, 2.05) is 26.0 Å². The lowest BCUT2D eigenvalue weighted by Gasteiger charge is -2.29. The molecule has 0 bridgehead atoms. The number of rotatable bonds is 5. The predicted molar refractivity (Wildman–Crippen MR) is 133 cm³/mol. The number of carbonyl (C=O) groups excluding carboxylic acids is 2. The molecule has 2 saturated heterocycles. The number of fused-ring (bicyclic) bond motifs is 1. The van der Waals surface area contributed by atoms with Gasteiger partial charge in [0.05, 0.1) is 6.07 Å². The Morgan fingerprint density at radius 2 is 2.00 bits per heavy atom. The Hall–Kier alpha value is -2.43. The number of ether oxygens (including phenoxy) is 1. The van der Waals surface area contributed by atoms with Crippen molar-refractivity contribution in [2.24, 2.45) is 11.8 Å². The number of nitrogens with zero attached hydrogens (tertiary/aromatic N) is 1. The van der Waals surface area contributed by atoms with Crippen molar-refractivity contribution < 1.29 is 14.3 Å². The predicted octanol–water partition coefficient (Wildman–Crippen LogP) is 3.30. The Labute approximate surface area is 204 Å². The first-order chi connectivity index (χ1) is 16.6. The SMILES string of the molecule is C\C=C(/C=C1/C(=O)NCC2CCCCCCC2/C1=C/C)CC(C#N)NC(=O)C1CNCCCO1. The second kappa shape index (κ2) is 13.5. The molecule has 7 nitrogen and oxygen atoms in total. The second-order valence-electron chi connectivity index (χ2n) is 9.55. The number of hydrogen-bond acceptors (Lipinski definition) is 5. The van der Waals surface area contributed by atoms with Crippen molar-refractivity contribution in [1.82, 2.24) is 16.0 Å². The van der Waals surface area contributed by atoms with E-state index in [1.165, 1.54) is 25.7 Å². The lowest BCUT2D eigenvalue weighted by molar-refractivity contribution is -0.132. The maximum Gasteiger partial charge on any atom is 0.251 e. The Kier molecular flexibility index (Phi) is 10.4. The average molecular weight is 469 g/mol. The summed E-state index contributed by atoms with van der Waals surface area (Å²) in [5, 5.41) is 18.9. The Morgan fingerprint density at radius 3 is 2.74 bits per heavy atom. The zero-order chi connectivity index (χ0) is 24.3. The normalized spacial score (nSPS) is 30.1. The highest BCUT2D eigenvalue weighted by atomic mass is 16.5. The van der Waals surface area contributed by atoms with E-state index in [-0.39, 0.29) is 11.8 Å². The molecule has 0 radical (unpaired) electrons. The molecule has 3 aliphatic rings. The van der Waals surface area contributed by atoms with Crippen molar-refractivity contribution in [3.8, 4) is 6.07 Å². The van der Waals surface area contributed by atoms with Gasteiger partial charge in [0.15, 0.2) is 0 Å². The van der Waals surface area contributed by atoms with E-state index in [1.54, 1.807) is 0 Å². The zero-order valence-corrected chi connectivity index (χ0v) is 20.7. The van der Waals surface area contributed by atoms with Gasteiger partial charge in [-0.05, 0) is 68.7 Å². The van der Waals surface area contributed by atoms with Crippen LogP contribution < -0.4 is 16.0 Å². The quantitative estimate of drug-likeness (QED) is 0.537. The minimum absolute atomic E-state index is 0.0466. The molecule has 186 valence electrons. The van der Waals surface area contributed by atoms with Crippen LogP contribution in [0.3, 0.4) is 0 Å². The van der Waals surface area contributed by atoms with Gasteiger partial charge in [-0.15, -0.1) is 0 Å². The standard InChI is InChI=1S/C27H40N4O3/c1-3-19(14-21(16-28)31-27(33)25-18-29-12-9-13-34-25)15-24-22(4-2)23-11-8-6-5-7-10-20(23)17-30-26(24)32/h3-4,15,20-21,23,25,29H,5-14,17-18H2,1-2H3,(H,30,32)(H,31,33)/b19-3-,22-4-,24-15+. The van der Waals surface area contributed by atoms with Gasteiger partial charge in [-0.2, -0.15) is 5.26 Å². The van der Waals surface area contributed by atoms with E-state index in [2.05, 4.69) is 28.1 Å². The summed E-state index contributed by atoms with van der Waals surface area (Å²) in [5.41, 5.74) is 2.68. The first kappa shape index (κ1) is 26.2. The number of nitriles is 1. The van der Waals surface area contributed by atoms with Crippen molar-refractivity contribution in [3.63, 3.8) is 0 Å². The van der Waals surface area contributed by atoms with Crippen LogP contribution in [0.5, 0.6) is 0 Å². The third-order valence-corrected chi connectivity index (χ3v) is 7.25. The molecule has 2 amide bonds. The van der Waals surface area contributed by atoms with Gasteiger partial charge in [0.1, 0.15) is 12.1 Å². The van der Waals surface area contributed by atoms with Gasteiger partial charge in [0.2, 0.25) is 0 Å². The number of nitrogens with one attached hydrogen (secondary N) is 3. The van der Waals surface area contributed by atoms with Gasteiger partial charge in [-0.1, -0.05) is 37.8 Å². The summed E-state index contributed by atoms with van der Waals surface area (Å²) in [6.45, 7) is 6.43. The molecular weight excluding hydrogens is 428 g/mol. The molecule has 34 heavy (non-hydrogen) atoms. The lowest BCUT2D eigenvalue weighted by atomic mass is 9.75. The summed E-state index contributed by atoms with van der Waals surface area (Å²) >= 11 is 0. The molecule has 1 saturated carbocycles. The maximum absolute atomic E-state index is 13.1. The van der Waals surface area contributed by atoms with E-state index in [9.17, 15) is 14.9 Å². The molecule has 3 rings (SSSR count). The zero-order valence-electron chi connectivity index (χ0n) is 20.7. The van der Waals surface area contributed by atoms with Crippen LogP contribution in [0.25, 0.3) is 0 Å². The molecule has 0 aromatic rings. The maximum atomic E-state index is 13.1. The molecule has 4 unspecified atom stereocenters. The largest absolute Gasteiger partial charge is 0.367 e. The van der Waals surface area contributed by atoms with Crippen LogP contribution >= 0.6 is 0 Å². The summed E-state index contributed by atoms with van der Waals surface area (Å²) in [7, 11) is 0. The molecule has 0 aromatic heterocycles. The van der Waals surface area contributed by atoms with E-state index in [0.717, 1.165) is 43.5 Å². The van der Waals surface area contributed by atoms with E-state index < -0.39 is 12.1 Å². The fourth-order valence-corrected chi connectivity index (χ4v) is 5.34. The van der Waals surface area contributed by atoms with Crippen molar-refractivity contribution in [2.75, 3.05) is 26.2 Å². The number of allylic oxidation sites excluding steroid dienone is 3. The van der Waals surface area contributed by atoms with Crippen LogP contribution in [0.15, 0.2) is 34.9 Å². The van der Waals surface area contributed by atoms with Gasteiger partial charge in [-0.3, -0.25) is 9.59 Å². The van der Waals surface area contributed by atoms with Crippen LogP contribution in [-0.2, 0) is 14.3 Å². The van der Waals surface area contributed by atoms with E-state index >= 15 is 0 Å². The van der Waals surface area contributed by atoms with Gasteiger partial charge >= 0.3 is 0 Å². The summed E-state index contributed by atoms with van der Waals surface area (Å²) in [6, 6.07) is 1.51. The summed E-state index contributed by atoms with van der Waals surface area (Å²) in [4.78, 5) is 25.8. The van der Waals surface area contributed by atoms with Crippen molar-refractivity contribution in [2.45, 2.75) is 77.4 Å². The number of carbonyl (C=O) groups is 2. The van der Waals surface area contributed by atoms with Crippen LogP contribution in [0.4, 0.5) is 0 Å². The third kappa shape index (κ3) is 7.04. The first-order valence-electron chi connectivity index (χ1n) is 12.9. The average Bonchev–Trinajstić information content (AvgIpc) is 3.17. The van der Waals surface area contributed by atoms with Crippen molar-refractivity contribution >= 4 is 11.8 Å². The van der Waals surface area contributed by atoms with Crippen molar-refractivity contribution in [1.29, 1.82) is 5.26 Å². The molecule has 0 aromatic carbocycles. The highest BCUT2D eigenvalue weighted by Crippen LogP contribution is 2.38. The fourth-order valence-electron chi connectivity index (χ4n) is 5.34. The first-order valence-corrected chi connectivity index (χ1v) is 12.9. The summed E-state index contributed by atoms with van der Waals surface area (Å²) < 4.78 is 5.62. The van der Waals surface area contributed by atoms with Gasteiger partial charge in [-0.25, -0.2) is 0 Å². The molecule has 2 aliphatic heterocycles. The Bertz CT molecular complexity index is 846. The van der Waals surface area contributed by atoms with E-state index in [0.29, 0.717) is 37.0 Å². The van der Waals surface area contributed by atoms with Gasteiger partial charge in [0, 0.05) is 31.7 Å². The van der Waals surface area contributed by atoms with Crippen LogP contribution in [0.2, 0.25) is 0 Å². The third-order valence-electron chi connectivity index (χ3n) is 7.25. The van der Waals surface area contributed by atoms with Gasteiger partial charge in [0.25, 0.3) is 11.8 Å². The van der Waals surface area contributed by atoms with Crippen LogP contribution in [-0.4, -0.2) is 50.2 Å². The minimum Gasteiger partial charge on any atom is -0.367 e. The highest BCUT2D eigenvalue weighted by molar-refractivity contribution is 5.98. The lowest BCUT2D eigenvalue weighted by Crippen LogP contribution is -2.45. The van der Waals surface area contributed by atoms with Crippen LogP contribution in [0, 0.1) is 23.2 Å². The summed E-state index contributed by atoms with van der Waals surface area (Å²) in [6.07, 6.45) is 13.7. The van der Waals surface area contributed by atoms with Crippen LogP contribution in [0.1, 0.15) is 65.2 Å². The molecule has 3 fully saturated rings. The monoisotopic (exact) mass is 468 g/mol. The molecule has 0 spiro atoms. The molecule has 4 atom stereocenters. The number of amides is 2. The van der Waals surface area contributed by atoms with Crippen molar-refractivity contribution in [3.05, 3.63) is 34.9 Å².